The van der Waals surface area contributed by atoms with E-state index in [2.05, 4.69) is 16.2 Å². The van der Waals surface area contributed by atoms with Crippen molar-refractivity contribution in [3.63, 3.8) is 0 Å². The first-order valence-corrected chi connectivity index (χ1v) is 9.61. The molecule has 3 aromatic rings. The van der Waals surface area contributed by atoms with E-state index in [1.807, 2.05) is 42.5 Å². The van der Waals surface area contributed by atoms with Gasteiger partial charge in [-0.15, -0.1) is 0 Å². The Morgan fingerprint density at radius 2 is 1.53 bits per heavy atom. The molecule has 3 rings (SSSR count). The number of benzene rings is 3. The summed E-state index contributed by atoms with van der Waals surface area (Å²) in [5.74, 6) is -1.14. The molecular formula is C24H23N3O3. The Balaban J connectivity index is 1.56. The van der Waals surface area contributed by atoms with Crippen LogP contribution in [0.4, 0.5) is 5.69 Å². The van der Waals surface area contributed by atoms with Gasteiger partial charge in [0.1, 0.15) is 0 Å². The summed E-state index contributed by atoms with van der Waals surface area (Å²) in [5.41, 5.74) is 6.61. The number of fused-ring (bicyclic) bond motifs is 1. The van der Waals surface area contributed by atoms with E-state index in [9.17, 15) is 14.4 Å². The second kappa shape index (κ2) is 9.52. The Morgan fingerprint density at radius 3 is 2.27 bits per heavy atom. The number of nitrogens with one attached hydrogen (secondary N) is 3. The number of hydrogen-bond donors (Lipinski definition) is 3. The van der Waals surface area contributed by atoms with Gasteiger partial charge in [0.05, 0.1) is 0 Å². The van der Waals surface area contributed by atoms with Crippen molar-refractivity contribution in [2.24, 2.45) is 5.92 Å². The lowest BCUT2D eigenvalue weighted by molar-refractivity contribution is -0.119. The lowest BCUT2D eigenvalue weighted by atomic mass is 10.0. The zero-order chi connectivity index (χ0) is 21.5. The highest BCUT2D eigenvalue weighted by Crippen LogP contribution is 2.19. The standard InChI is InChI=1S/C24H23N3O3/c1-16(2)23(29)25-20-13-10-19(11-14-20)24(30)27-26-22(28)15-12-18-8-5-7-17-6-3-4-9-21(17)18/h3-16H,1-2H3,(H,25,29)(H,26,28)(H,27,30)/b15-12+. The van der Waals surface area contributed by atoms with Gasteiger partial charge in [-0.1, -0.05) is 56.3 Å². The zero-order valence-corrected chi connectivity index (χ0v) is 16.8. The first-order valence-electron chi connectivity index (χ1n) is 9.61. The number of carbonyl (C=O) groups is 3. The van der Waals surface area contributed by atoms with Gasteiger partial charge >= 0.3 is 0 Å². The molecule has 0 saturated carbocycles. The number of anilines is 1. The molecule has 0 aromatic heterocycles. The van der Waals surface area contributed by atoms with Crippen LogP contribution in [0.1, 0.15) is 29.8 Å². The van der Waals surface area contributed by atoms with Crippen LogP contribution in [0.5, 0.6) is 0 Å². The van der Waals surface area contributed by atoms with Gasteiger partial charge in [-0.25, -0.2) is 0 Å². The molecule has 0 unspecified atom stereocenters. The molecule has 3 amide bonds. The van der Waals surface area contributed by atoms with E-state index in [0.29, 0.717) is 11.3 Å². The van der Waals surface area contributed by atoms with Crippen LogP contribution in [0.2, 0.25) is 0 Å². The van der Waals surface area contributed by atoms with Gasteiger partial charge in [0.2, 0.25) is 5.91 Å². The van der Waals surface area contributed by atoms with E-state index >= 15 is 0 Å². The van der Waals surface area contributed by atoms with Gasteiger partial charge in [-0.05, 0) is 46.7 Å². The molecule has 0 saturated heterocycles. The minimum Gasteiger partial charge on any atom is -0.326 e. The predicted octanol–water partition coefficient (Wildman–Crippen LogP) is 3.91. The average molecular weight is 401 g/mol. The second-order valence-electron chi connectivity index (χ2n) is 7.07. The third kappa shape index (κ3) is 5.32. The summed E-state index contributed by atoms with van der Waals surface area (Å²) in [4.78, 5) is 36.0. The number of hydrogen-bond acceptors (Lipinski definition) is 3. The van der Waals surface area contributed by atoms with Crippen molar-refractivity contribution >= 4 is 40.3 Å². The van der Waals surface area contributed by atoms with Gasteiger partial charge in [-0.2, -0.15) is 0 Å². The van der Waals surface area contributed by atoms with Crippen molar-refractivity contribution in [2.45, 2.75) is 13.8 Å². The fourth-order valence-corrected chi connectivity index (χ4v) is 2.78. The van der Waals surface area contributed by atoms with E-state index in [1.54, 1.807) is 44.2 Å². The van der Waals surface area contributed by atoms with Crippen molar-refractivity contribution in [1.29, 1.82) is 0 Å². The molecule has 0 aliphatic carbocycles. The van der Waals surface area contributed by atoms with Gasteiger partial charge in [0.15, 0.2) is 0 Å². The number of rotatable bonds is 5. The summed E-state index contributed by atoms with van der Waals surface area (Å²) in [6, 6.07) is 20.2. The van der Waals surface area contributed by atoms with Crippen molar-refractivity contribution < 1.29 is 14.4 Å². The fourth-order valence-electron chi connectivity index (χ4n) is 2.78. The molecule has 0 aliphatic heterocycles. The predicted molar refractivity (Wildman–Crippen MR) is 119 cm³/mol. The van der Waals surface area contributed by atoms with Crippen molar-refractivity contribution in [1.82, 2.24) is 10.9 Å². The van der Waals surface area contributed by atoms with Crippen molar-refractivity contribution in [2.75, 3.05) is 5.32 Å². The molecule has 3 aromatic carbocycles. The molecule has 0 fully saturated rings. The highest BCUT2D eigenvalue weighted by atomic mass is 16.2. The molecule has 0 bridgehead atoms. The highest BCUT2D eigenvalue weighted by molar-refractivity contribution is 6.00. The first kappa shape index (κ1) is 20.8. The molecule has 0 spiro atoms. The lowest BCUT2D eigenvalue weighted by Gasteiger charge is -2.09. The average Bonchev–Trinajstić information content (AvgIpc) is 2.76. The molecular weight excluding hydrogens is 378 g/mol. The van der Waals surface area contributed by atoms with Gasteiger partial charge in [0, 0.05) is 23.2 Å². The number of carbonyl (C=O) groups excluding carboxylic acids is 3. The molecule has 3 N–H and O–H groups in total. The van der Waals surface area contributed by atoms with Crippen molar-refractivity contribution in [3.05, 3.63) is 83.9 Å². The molecule has 0 aliphatic rings. The Hall–Kier alpha value is -3.93. The lowest BCUT2D eigenvalue weighted by Crippen LogP contribution is -2.40. The summed E-state index contributed by atoms with van der Waals surface area (Å²) < 4.78 is 0. The molecule has 6 nitrogen and oxygen atoms in total. The molecule has 0 atom stereocenters. The van der Waals surface area contributed by atoms with Gasteiger partial charge < -0.3 is 5.32 Å². The Kier molecular flexibility index (Phi) is 6.60. The van der Waals surface area contributed by atoms with Crippen LogP contribution in [-0.4, -0.2) is 17.7 Å². The molecule has 0 heterocycles. The number of amides is 3. The second-order valence-corrected chi connectivity index (χ2v) is 7.07. The van der Waals surface area contributed by atoms with Crippen LogP contribution >= 0.6 is 0 Å². The minimum absolute atomic E-state index is 0.0996. The maximum Gasteiger partial charge on any atom is 0.269 e. The van der Waals surface area contributed by atoms with Crippen molar-refractivity contribution in [3.8, 4) is 0 Å². The SMILES string of the molecule is CC(C)C(=O)Nc1ccc(C(=O)NNC(=O)/C=C/c2cccc3ccccc23)cc1. The summed E-state index contributed by atoms with van der Waals surface area (Å²) in [6.07, 6.45) is 3.07. The Bertz CT molecular complexity index is 1100. The molecule has 6 heteroatoms. The van der Waals surface area contributed by atoms with Crippen LogP contribution in [0.3, 0.4) is 0 Å². The Labute approximate surface area is 175 Å². The quantitative estimate of drug-likeness (QED) is 0.447. The normalized spacial score (nSPS) is 10.9. The van der Waals surface area contributed by atoms with Crippen LogP contribution in [-0.2, 0) is 9.59 Å². The largest absolute Gasteiger partial charge is 0.326 e. The minimum atomic E-state index is -0.455. The van der Waals surface area contributed by atoms with Crippen LogP contribution in [0.25, 0.3) is 16.8 Å². The number of hydrazine groups is 1. The van der Waals surface area contributed by atoms with E-state index in [-0.39, 0.29) is 11.8 Å². The van der Waals surface area contributed by atoms with Crippen LogP contribution < -0.4 is 16.2 Å². The monoisotopic (exact) mass is 401 g/mol. The Morgan fingerprint density at radius 1 is 0.833 bits per heavy atom. The highest BCUT2D eigenvalue weighted by Gasteiger charge is 2.09. The zero-order valence-electron chi connectivity index (χ0n) is 16.8. The van der Waals surface area contributed by atoms with E-state index in [4.69, 9.17) is 0 Å². The summed E-state index contributed by atoms with van der Waals surface area (Å²) in [6.45, 7) is 3.60. The third-order valence-electron chi connectivity index (χ3n) is 4.48. The smallest absolute Gasteiger partial charge is 0.269 e. The topological polar surface area (TPSA) is 87.3 Å². The first-order chi connectivity index (χ1) is 14.4. The third-order valence-corrected chi connectivity index (χ3v) is 4.48. The molecule has 0 radical (unpaired) electrons. The maximum absolute atomic E-state index is 12.2. The fraction of sp³-hybridized carbons (Fsp3) is 0.125. The molecule has 30 heavy (non-hydrogen) atoms. The van der Waals surface area contributed by atoms with Crippen LogP contribution in [0, 0.1) is 5.92 Å². The summed E-state index contributed by atoms with van der Waals surface area (Å²) in [7, 11) is 0. The van der Waals surface area contributed by atoms with Gasteiger partial charge in [0.25, 0.3) is 11.8 Å². The summed E-state index contributed by atoms with van der Waals surface area (Å²) >= 11 is 0. The van der Waals surface area contributed by atoms with E-state index < -0.39 is 11.8 Å². The van der Waals surface area contributed by atoms with E-state index in [1.165, 1.54) is 6.08 Å². The van der Waals surface area contributed by atoms with E-state index in [0.717, 1.165) is 16.3 Å². The van der Waals surface area contributed by atoms with Gasteiger partial charge in [-0.3, -0.25) is 25.2 Å². The summed E-state index contributed by atoms with van der Waals surface area (Å²) in [5, 5.41) is 4.88. The maximum atomic E-state index is 12.2. The van der Waals surface area contributed by atoms with Crippen LogP contribution in [0.15, 0.2) is 72.8 Å². The molecule has 152 valence electrons.